The fraction of sp³-hybridized carbons (Fsp3) is 0.588. The highest BCUT2D eigenvalue weighted by atomic mass is 16.1. The first-order valence-corrected chi connectivity index (χ1v) is 7.61. The van der Waals surface area contributed by atoms with Gasteiger partial charge in [0, 0.05) is 6.42 Å². The number of carbonyl (C=O) groups excluding carboxylic acids is 1. The standard InChI is InChI=1S/C17H26N2O/c1-13(2)16(14-7-4-3-5-8-14)19-15(20)11-17(12-18)9-6-10-17/h3-5,7-8,13,16H,6,9-12,18H2,1-2H3,(H,19,20). The summed E-state index contributed by atoms with van der Waals surface area (Å²) in [7, 11) is 0. The summed E-state index contributed by atoms with van der Waals surface area (Å²) in [6, 6.07) is 10.3. The van der Waals surface area contributed by atoms with Crippen molar-refractivity contribution in [2.24, 2.45) is 17.1 Å². The smallest absolute Gasteiger partial charge is 0.221 e. The molecule has 3 heteroatoms. The number of hydrogen-bond donors (Lipinski definition) is 2. The molecule has 0 bridgehead atoms. The summed E-state index contributed by atoms with van der Waals surface area (Å²) < 4.78 is 0. The molecule has 20 heavy (non-hydrogen) atoms. The van der Waals surface area contributed by atoms with Gasteiger partial charge in [-0.25, -0.2) is 0 Å². The van der Waals surface area contributed by atoms with Crippen LogP contribution in [0.25, 0.3) is 0 Å². The van der Waals surface area contributed by atoms with E-state index in [0.717, 1.165) is 12.8 Å². The minimum absolute atomic E-state index is 0.0717. The van der Waals surface area contributed by atoms with Gasteiger partial charge in [0.1, 0.15) is 0 Å². The Morgan fingerprint density at radius 1 is 1.30 bits per heavy atom. The Balaban J connectivity index is 2.00. The molecular formula is C17H26N2O. The zero-order valence-corrected chi connectivity index (χ0v) is 12.6. The highest BCUT2D eigenvalue weighted by molar-refractivity contribution is 5.77. The molecule has 0 aliphatic heterocycles. The topological polar surface area (TPSA) is 55.1 Å². The SMILES string of the molecule is CC(C)C(NC(=O)CC1(CN)CCC1)c1ccccc1. The monoisotopic (exact) mass is 274 g/mol. The van der Waals surface area contributed by atoms with Crippen molar-refractivity contribution < 1.29 is 4.79 Å². The molecule has 1 aliphatic rings. The summed E-state index contributed by atoms with van der Waals surface area (Å²) >= 11 is 0. The highest BCUT2D eigenvalue weighted by Crippen LogP contribution is 2.43. The van der Waals surface area contributed by atoms with E-state index >= 15 is 0 Å². The number of benzene rings is 1. The third-order valence-electron chi connectivity index (χ3n) is 4.52. The fourth-order valence-electron chi connectivity index (χ4n) is 2.99. The van der Waals surface area contributed by atoms with Crippen molar-refractivity contribution >= 4 is 5.91 Å². The van der Waals surface area contributed by atoms with E-state index in [1.165, 1.54) is 12.0 Å². The van der Waals surface area contributed by atoms with Gasteiger partial charge in [-0.05, 0) is 36.3 Å². The lowest BCUT2D eigenvalue weighted by Gasteiger charge is -2.40. The van der Waals surface area contributed by atoms with Crippen molar-refractivity contribution in [2.45, 2.75) is 45.6 Å². The largest absolute Gasteiger partial charge is 0.349 e. The molecule has 1 fully saturated rings. The van der Waals surface area contributed by atoms with Gasteiger partial charge in [-0.3, -0.25) is 4.79 Å². The second-order valence-corrected chi connectivity index (χ2v) is 6.43. The Morgan fingerprint density at radius 2 is 1.95 bits per heavy atom. The van der Waals surface area contributed by atoms with Crippen molar-refractivity contribution in [3.05, 3.63) is 35.9 Å². The van der Waals surface area contributed by atoms with E-state index in [0.29, 0.717) is 18.9 Å². The zero-order chi connectivity index (χ0) is 14.6. The van der Waals surface area contributed by atoms with Crippen LogP contribution in [0, 0.1) is 11.3 Å². The molecule has 1 amide bonds. The normalized spacial score (nSPS) is 18.4. The first-order valence-electron chi connectivity index (χ1n) is 7.61. The van der Waals surface area contributed by atoms with Crippen LogP contribution in [0.5, 0.6) is 0 Å². The van der Waals surface area contributed by atoms with Crippen LogP contribution in [0.2, 0.25) is 0 Å². The quantitative estimate of drug-likeness (QED) is 0.837. The summed E-state index contributed by atoms with van der Waals surface area (Å²) in [6.07, 6.45) is 3.96. The van der Waals surface area contributed by atoms with E-state index in [9.17, 15) is 4.79 Å². The first kappa shape index (κ1) is 15.0. The lowest BCUT2D eigenvalue weighted by Crippen LogP contribution is -2.43. The van der Waals surface area contributed by atoms with Gasteiger partial charge < -0.3 is 11.1 Å². The maximum atomic E-state index is 12.3. The first-order chi connectivity index (χ1) is 9.56. The van der Waals surface area contributed by atoms with Gasteiger partial charge >= 0.3 is 0 Å². The molecule has 0 aromatic heterocycles. The molecule has 1 unspecified atom stereocenters. The molecule has 0 heterocycles. The number of rotatable bonds is 6. The van der Waals surface area contributed by atoms with Gasteiger partial charge in [-0.2, -0.15) is 0 Å². The van der Waals surface area contributed by atoms with Crippen molar-refractivity contribution in [1.82, 2.24) is 5.32 Å². The zero-order valence-electron chi connectivity index (χ0n) is 12.6. The van der Waals surface area contributed by atoms with Gasteiger partial charge in [-0.1, -0.05) is 50.6 Å². The van der Waals surface area contributed by atoms with E-state index in [-0.39, 0.29) is 17.4 Å². The Labute approximate surface area is 121 Å². The molecule has 0 spiro atoms. The minimum atomic E-state index is 0.0717. The Morgan fingerprint density at radius 3 is 2.40 bits per heavy atom. The molecular weight excluding hydrogens is 248 g/mol. The highest BCUT2D eigenvalue weighted by Gasteiger charge is 2.37. The maximum absolute atomic E-state index is 12.3. The van der Waals surface area contributed by atoms with Crippen molar-refractivity contribution in [3.63, 3.8) is 0 Å². The molecule has 3 N–H and O–H groups in total. The van der Waals surface area contributed by atoms with Gasteiger partial charge in [-0.15, -0.1) is 0 Å². The van der Waals surface area contributed by atoms with Crippen LogP contribution in [0.3, 0.4) is 0 Å². The van der Waals surface area contributed by atoms with Crippen LogP contribution in [-0.2, 0) is 4.79 Å². The van der Waals surface area contributed by atoms with Gasteiger partial charge in [0.2, 0.25) is 5.91 Å². The van der Waals surface area contributed by atoms with Crippen molar-refractivity contribution in [1.29, 1.82) is 0 Å². The summed E-state index contributed by atoms with van der Waals surface area (Å²) in [6.45, 7) is 4.90. The lowest BCUT2D eigenvalue weighted by molar-refractivity contribution is -0.125. The molecule has 1 aliphatic carbocycles. The van der Waals surface area contributed by atoms with E-state index in [1.807, 2.05) is 18.2 Å². The molecule has 1 saturated carbocycles. The number of carbonyl (C=O) groups is 1. The van der Waals surface area contributed by atoms with Gasteiger partial charge in [0.25, 0.3) is 0 Å². The number of hydrogen-bond acceptors (Lipinski definition) is 2. The molecule has 1 atom stereocenters. The van der Waals surface area contributed by atoms with E-state index in [1.54, 1.807) is 0 Å². The van der Waals surface area contributed by atoms with E-state index in [4.69, 9.17) is 5.73 Å². The molecule has 1 aromatic carbocycles. The minimum Gasteiger partial charge on any atom is -0.349 e. The summed E-state index contributed by atoms with van der Waals surface area (Å²) in [4.78, 5) is 12.3. The van der Waals surface area contributed by atoms with Crippen LogP contribution in [0.1, 0.15) is 51.1 Å². The van der Waals surface area contributed by atoms with Crippen LogP contribution in [0.4, 0.5) is 0 Å². The number of nitrogens with one attached hydrogen (secondary N) is 1. The lowest BCUT2D eigenvalue weighted by atomic mass is 9.66. The summed E-state index contributed by atoms with van der Waals surface area (Å²) in [5.74, 6) is 0.509. The van der Waals surface area contributed by atoms with E-state index in [2.05, 4.69) is 31.3 Å². The fourth-order valence-corrected chi connectivity index (χ4v) is 2.99. The molecule has 110 valence electrons. The molecule has 1 aromatic rings. The predicted octanol–water partition coefficient (Wildman–Crippen LogP) is 3.02. The maximum Gasteiger partial charge on any atom is 0.221 e. The van der Waals surface area contributed by atoms with Crippen LogP contribution in [0.15, 0.2) is 30.3 Å². The van der Waals surface area contributed by atoms with Crippen LogP contribution < -0.4 is 11.1 Å². The second-order valence-electron chi connectivity index (χ2n) is 6.43. The summed E-state index contributed by atoms with van der Waals surface area (Å²) in [5, 5.41) is 3.20. The van der Waals surface area contributed by atoms with Crippen molar-refractivity contribution in [2.75, 3.05) is 6.54 Å². The molecule has 0 radical (unpaired) electrons. The average molecular weight is 274 g/mol. The van der Waals surface area contributed by atoms with Gasteiger partial charge in [0.05, 0.1) is 6.04 Å². The molecule has 3 nitrogen and oxygen atoms in total. The molecule has 0 saturated heterocycles. The van der Waals surface area contributed by atoms with Gasteiger partial charge in [0.15, 0.2) is 0 Å². The Hall–Kier alpha value is -1.35. The number of nitrogens with two attached hydrogens (primary N) is 1. The predicted molar refractivity (Wildman–Crippen MR) is 82.1 cm³/mol. The van der Waals surface area contributed by atoms with Crippen molar-refractivity contribution in [3.8, 4) is 0 Å². The Bertz CT molecular complexity index is 432. The van der Waals surface area contributed by atoms with Crippen LogP contribution in [-0.4, -0.2) is 12.5 Å². The third-order valence-corrected chi connectivity index (χ3v) is 4.52. The average Bonchev–Trinajstić information content (AvgIpc) is 2.41. The molecule has 2 rings (SSSR count). The summed E-state index contributed by atoms with van der Waals surface area (Å²) in [5.41, 5.74) is 7.08. The number of amides is 1. The van der Waals surface area contributed by atoms with E-state index < -0.39 is 0 Å². The Kier molecular flexibility index (Phi) is 4.81. The third kappa shape index (κ3) is 3.40. The van der Waals surface area contributed by atoms with Crippen LogP contribution >= 0.6 is 0 Å². The second kappa shape index (κ2) is 6.40.